The number of ketones is 1. The fourth-order valence-electron chi connectivity index (χ4n) is 3.43. The van der Waals surface area contributed by atoms with E-state index in [1.807, 2.05) is 13.8 Å². The zero-order valence-corrected chi connectivity index (χ0v) is 21.9. The van der Waals surface area contributed by atoms with Gasteiger partial charge in [0, 0.05) is 19.2 Å². The van der Waals surface area contributed by atoms with E-state index in [-0.39, 0.29) is 35.9 Å². The molecular formula is C24H32N6O6S. The summed E-state index contributed by atoms with van der Waals surface area (Å²) in [6.45, 7) is 5.97. The van der Waals surface area contributed by atoms with Crippen LogP contribution in [0, 0.1) is 12.8 Å². The van der Waals surface area contributed by atoms with E-state index in [9.17, 15) is 28.8 Å². The number of hydrogen-bond donors (Lipinski definition) is 4. The van der Waals surface area contributed by atoms with Crippen LogP contribution in [0.2, 0.25) is 0 Å². The topological polar surface area (TPSA) is 182 Å². The van der Waals surface area contributed by atoms with Crippen LogP contribution in [0.3, 0.4) is 0 Å². The second-order valence-electron chi connectivity index (χ2n) is 8.45. The van der Waals surface area contributed by atoms with Crippen LogP contribution in [-0.2, 0) is 25.7 Å². The quantitative estimate of drug-likeness (QED) is 0.259. The number of nitrogens with zero attached hydrogens (tertiary/aromatic N) is 2. The van der Waals surface area contributed by atoms with Crippen molar-refractivity contribution in [3.8, 4) is 0 Å². The summed E-state index contributed by atoms with van der Waals surface area (Å²) in [6.07, 6.45) is 2.65. The van der Waals surface area contributed by atoms with Gasteiger partial charge in [0.1, 0.15) is 23.2 Å². The molecule has 5 N–H and O–H groups in total. The Morgan fingerprint density at radius 1 is 1.16 bits per heavy atom. The fourth-order valence-corrected chi connectivity index (χ4v) is 4.14. The Hall–Kier alpha value is -3.87. The van der Waals surface area contributed by atoms with Crippen molar-refractivity contribution in [2.75, 3.05) is 11.9 Å². The Morgan fingerprint density at radius 2 is 1.86 bits per heavy atom. The number of hydrogen-bond acceptors (Lipinski definition) is 8. The van der Waals surface area contributed by atoms with Crippen LogP contribution >= 0.6 is 11.3 Å². The van der Waals surface area contributed by atoms with Gasteiger partial charge in [-0.2, -0.15) is 0 Å². The Kier molecular flexibility index (Phi) is 11.1. The molecule has 1 atom stereocenters. The number of aryl methyl sites for hydroxylation is 1. The number of thiazole rings is 1. The first-order valence-corrected chi connectivity index (χ1v) is 12.8. The van der Waals surface area contributed by atoms with Gasteiger partial charge in [-0.3, -0.25) is 28.8 Å². The van der Waals surface area contributed by atoms with Gasteiger partial charge in [-0.05, 0) is 31.4 Å². The van der Waals surface area contributed by atoms with Crippen molar-refractivity contribution in [1.82, 2.24) is 20.2 Å². The van der Waals surface area contributed by atoms with Crippen LogP contribution in [0.25, 0.3) is 0 Å². The number of carbonyl (C=O) groups is 5. The number of carbonyl (C=O) groups excluding carboxylic acids is 5. The summed E-state index contributed by atoms with van der Waals surface area (Å²) >= 11 is 1.08. The molecule has 0 unspecified atom stereocenters. The van der Waals surface area contributed by atoms with Crippen molar-refractivity contribution in [2.45, 2.75) is 59.0 Å². The third-order valence-corrected chi connectivity index (χ3v) is 6.77. The van der Waals surface area contributed by atoms with Crippen LogP contribution in [0.15, 0.2) is 28.6 Å². The predicted molar refractivity (Wildman–Crippen MR) is 138 cm³/mol. The van der Waals surface area contributed by atoms with E-state index >= 15 is 0 Å². The second-order valence-corrected chi connectivity index (χ2v) is 9.30. The van der Waals surface area contributed by atoms with Crippen molar-refractivity contribution in [1.29, 1.82) is 0 Å². The Morgan fingerprint density at radius 3 is 2.46 bits per heavy atom. The molecule has 0 fully saturated rings. The minimum absolute atomic E-state index is 0.116. The fraction of sp³-hybridized carbons (Fsp3) is 0.458. The number of pyridine rings is 1. The average Bonchev–Trinajstić information content (AvgIpc) is 3.30. The van der Waals surface area contributed by atoms with Crippen LogP contribution in [0.4, 0.5) is 5.69 Å². The molecule has 0 aliphatic rings. The van der Waals surface area contributed by atoms with Gasteiger partial charge in [-0.25, -0.2) is 4.98 Å². The molecule has 37 heavy (non-hydrogen) atoms. The third-order valence-electron chi connectivity index (χ3n) is 5.84. The lowest BCUT2D eigenvalue weighted by Crippen LogP contribution is -2.45. The van der Waals surface area contributed by atoms with E-state index in [2.05, 4.69) is 20.9 Å². The monoisotopic (exact) mass is 532 g/mol. The van der Waals surface area contributed by atoms with Crippen LogP contribution in [-0.4, -0.2) is 51.5 Å². The zero-order chi connectivity index (χ0) is 27.5. The molecule has 200 valence electrons. The maximum Gasteiger partial charge on any atom is 0.284 e. The molecule has 0 aromatic carbocycles. The number of nitrogens with two attached hydrogens (primary N) is 1. The molecule has 0 aliphatic heterocycles. The van der Waals surface area contributed by atoms with Gasteiger partial charge in [0.2, 0.25) is 17.6 Å². The van der Waals surface area contributed by atoms with Gasteiger partial charge in [0.25, 0.3) is 17.4 Å². The number of anilines is 1. The van der Waals surface area contributed by atoms with E-state index in [0.29, 0.717) is 18.2 Å². The van der Waals surface area contributed by atoms with Gasteiger partial charge in [0.05, 0.1) is 11.2 Å². The van der Waals surface area contributed by atoms with Gasteiger partial charge in [0.15, 0.2) is 0 Å². The summed E-state index contributed by atoms with van der Waals surface area (Å²) in [4.78, 5) is 78.0. The number of primary amides is 1. The first-order valence-electron chi connectivity index (χ1n) is 11.9. The highest BCUT2D eigenvalue weighted by Gasteiger charge is 2.26. The highest BCUT2D eigenvalue weighted by Crippen LogP contribution is 2.13. The van der Waals surface area contributed by atoms with E-state index < -0.39 is 35.1 Å². The predicted octanol–water partition coefficient (Wildman–Crippen LogP) is 0.737. The van der Waals surface area contributed by atoms with Gasteiger partial charge in [-0.1, -0.05) is 26.7 Å². The normalized spacial score (nSPS) is 11.6. The van der Waals surface area contributed by atoms with Crippen LogP contribution in [0.1, 0.15) is 54.9 Å². The first kappa shape index (κ1) is 29.4. The number of amides is 4. The second kappa shape index (κ2) is 14.0. The largest absolute Gasteiger partial charge is 0.363 e. The molecule has 13 heteroatoms. The minimum Gasteiger partial charge on any atom is -0.363 e. The molecule has 0 saturated carbocycles. The Balaban J connectivity index is 2.15. The number of nitrogens with one attached hydrogen (secondary N) is 3. The SMILES string of the molecule is CCC(CC)CNC(=O)Cn1cccc(NC(=O)[C@H](CCC(=O)C(N)=O)NC(=O)c2scnc2C)c1=O. The molecule has 0 radical (unpaired) electrons. The maximum absolute atomic E-state index is 13.0. The molecule has 0 saturated heterocycles. The summed E-state index contributed by atoms with van der Waals surface area (Å²) in [7, 11) is 0. The minimum atomic E-state index is -1.26. The zero-order valence-electron chi connectivity index (χ0n) is 21.0. The highest BCUT2D eigenvalue weighted by atomic mass is 32.1. The van der Waals surface area contributed by atoms with Crippen molar-refractivity contribution < 1.29 is 24.0 Å². The molecule has 2 heterocycles. The molecule has 12 nitrogen and oxygen atoms in total. The lowest BCUT2D eigenvalue weighted by Gasteiger charge is -2.18. The molecule has 2 aromatic rings. The van der Waals surface area contributed by atoms with Crippen molar-refractivity contribution in [2.24, 2.45) is 11.7 Å². The number of aromatic nitrogens is 2. The molecule has 0 bridgehead atoms. The standard InChI is InChI=1S/C24H32N6O6S/c1-4-15(5-2)11-26-19(32)12-30-10-6-7-17(24(30)36)29-22(34)16(8-9-18(31)21(25)33)28-23(35)20-14(3)27-13-37-20/h6-7,10,13,15-16H,4-5,8-9,11-12H2,1-3H3,(H2,25,33)(H,26,32)(H,28,35)(H,29,34)/t16-/m0/s1. The summed E-state index contributed by atoms with van der Waals surface area (Å²) < 4.78 is 1.16. The molecule has 0 aliphatic carbocycles. The Bertz CT molecular complexity index is 1200. The number of rotatable bonds is 14. The van der Waals surface area contributed by atoms with Gasteiger partial charge >= 0.3 is 0 Å². The van der Waals surface area contributed by atoms with E-state index in [1.165, 1.54) is 23.8 Å². The maximum atomic E-state index is 13.0. The van der Waals surface area contributed by atoms with Gasteiger partial charge in [-0.15, -0.1) is 11.3 Å². The first-order chi connectivity index (χ1) is 17.6. The van der Waals surface area contributed by atoms with Crippen molar-refractivity contribution >= 4 is 46.4 Å². The van der Waals surface area contributed by atoms with Crippen molar-refractivity contribution in [3.05, 3.63) is 44.8 Å². The van der Waals surface area contributed by atoms with E-state index in [4.69, 9.17) is 5.73 Å². The van der Waals surface area contributed by atoms with Gasteiger partial charge < -0.3 is 26.3 Å². The molecule has 2 rings (SSSR count). The van der Waals surface area contributed by atoms with E-state index in [0.717, 1.165) is 28.7 Å². The van der Waals surface area contributed by atoms with Crippen LogP contribution < -0.4 is 27.2 Å². The van der Waals surface area contributed by atoms with Crippen molar-refractivity contribution in [3.63, 3.8) is 0 Å². The lowest BCUT2D eigenvalue weighted by molar-refractivity contribution is -0.136. The molecule has 2 aromatic heterocycles. The summed E-state index contributed by atoms with van der Waals surface area (Å²) in [6, 6.07) is 1.60. The van der Waals surface area contributed by atoms with Crippen LogP contribution in [0.5, 0.6) is 0 Å². The molecule has 4 amide bonds. The Labute approximate surface area is 218 Å². The lowest BCUT2D eigenvalue weighted by atomic mass is 10.0. The number of Topliss-reactive ketones (excluding diaryl/α,β-unsaturated/α-hetero) is 1. The summed E-state index contributed by atoms with van der Waals surface area (Å²) in [5, 5.41) is 7.78. The highest BCUT2D eigenvalue weighted by molar-refractivity contribution is 7.11. The third kappa shape index (κ3) is 8.63. The molecular weight excluding hydrogens is 500 g/mol. The smallest absolute Gasteiger partial charge is 0.284 e. The molecule has 0 spiro atoms. The average molecular weight is 533 g/mol. The summed E-state index contributed by atoms with van der Waals surface area (Å²) in [5.74, 6) is -3.42. The van der Waals surface area contributed by atoms with E-state index in [1.54, 1.807) is 6.92 Å². The summed E-state index contributed by atoms with van der Waals surface area (Å²) in [5.41, 5.74) is 6.19.